The monoisotopic (exact) mass is 246 g/mol. The third-order valence-corrected chi connectivity index (χ3v) is 2.39. The van der Waals surface area contributed by atoms with Gasteiger partial charge in [-0.3, -0.25) is 0 Å². The van der Waals surface area contributed by atoms with E-state index in [0.717, 1.165) is 11.6 Å². The molecule has 0 aromatic heterocycles. The van der Waals surface area contributed by atoms with Crippen molar-refractivity contribution >= 4 is 5.97 Å². The minimum Gasteiger partial charge on any atom is -0.508 e. The lowest BCUT2D eigenvalue weighted by Crippen LogP contribution is -2.07. The summed E-state index contributed by atoms with van der Waals surface area (Å²) in [6, 6.07) is 12.4. The zero-order chi connectivity index (χ0) is 13.0. The van der Waals surface area contributed by atoms with Crippen LogP contribution >= 0.6 is 0 Å². The molecular weight excluding hydrogens is 235 g/mol. The lowest BCUT2D eigenvalue weighted by atomic mass is 10.2. The number of carbonyl (C=O) groups is 1. The van der Waals surface area contributed by atoms with Crippen LogP contribution in [0.5, 0.6) is 5.75 Å². The fraction of sp³-hybridized carbons (Fsp3) is 0.0714. The molecule has 0 aliphatic carbocycles. The summed E-state index contributed by atoms with van der Waals surface area (Å²) in [5.74, 6) is -1.78. The van der Waals surface area contributed by atoms with Gasteiger partial charge in [0.15, 0.2) is 0 Å². The molecular formula is C14H11FO3. The van der Waals surface area contributed by atoms with Crippen LogP contribution in [0.1, 0.15) is 15.9 Å². The Labute approximate surface area is 103 Å². The number of halogens is 1. The Hall–Kier alpha value is -2.36. The van der Waals surface area contributed by atoms with E-state index in [2.05, 4.69) is 0 Å². The summed E-state index contributed by atoms with van der Waals surface area (Å²) in [6.45, 7) is 0.0833. The first-order valence-electron chi connectivity index (χ1n) is 5.36. The third-order valence-electron chi connectivity index (χ3n) is 2.39. The molecule has 3 nitrogen and oxygen atoms in total. The van der Waals surface area contributed by atoms with Gasteiger partial charge < -0.3 is 9.84 Å². The molecule has 0 heterocycles. The zero-order valence-corrected chi connectivity index (χ0v) is 9.47. The van der Waals surface area contributed by atoms with Crippen LogP contribution in [0.3, 0.4) is 0 Å². The molecule has 0 radical (unpaired) electrons. The normalized spacial score (nSPS) is 10.1. The van der Waals surface area contributed by atoms with E-state index in [1.807, 2.05) is 18.2 Å². The van der Waals surface area contributed by atoms with Crippen molar-refractivity contribution in [2.24, 2.45) is 0 Å². The highest BCUT2D eigenvalue weighted by molar-refractivity contribution is 5.89. The van der Waals surface area contributed by atoms with Crippen molar-refractivity contribution in [1.29, 1.82) is 0 Å². The van der Waals surface area contributed by atoms with Gasteiger partial charge in [0, 0.05) is 6.07 Å². The predicted molar refractivity (Wildman–Crippen MR) is 63.6 cm³/mol. The number of phenolic OH excluding ortho intramolecular Hbond substituents is 1. The van der Waals surface area contributed by atoms with Gasteiger partial charge in [-0.15, -0.1) is 0 Å². The highest BCUT2D eigenvalue weighted by Gasteiger charge is 2.13. The highest BCUT2D eigenvalue weighted by Crippen LogP contribution is 2.16. The summed E-state index contributed by atoms with van der Waals surface area (Å²) >= 11 is 0. The van der Waals surface area contributed by atoms with E-state index in [4.69, 9.17) is 9.84 Å². The molecule has 0 saturated carbocycles. The molecule has 1 N–H and O–H groups in total. The Kier molecular flexibility index (Phi) is 3.57. The Morgan fingerprint density at radius 3 is 2.56 bits per heavy atom. The van der Waals surface area contributed by atoms with Crippen molar-refractivity contribution in [3.63, 3.8) is 0 Å². The van der Waals surface area contributed by atoms with Gasteiger partial charge in [-0.1, -0.05) is 30.3 Å². The van der Waals surface area contributed by atoms with E-state index in [1.165, 1.54) is 12.1 Å². The summed E-state index contributed by atoms with van der Waals surface area (Å²) in [4.78, 5) is 11.6. The van der Waals surface area contributed by atoms with Crippen LogP contribution in [0, 0.1) is 5.82 Å². The quantitative estimate of drug-likeness (QED) is 0.847. The number of rotatable bonds is 3. The molecule has 0 spiro atoms. The van der Waals surface area contributed by atoms with E-state index in [1.54, 1.807) is 12.1 Å². The maximum atomic E-state index is 13.4. The SMILES string of the molecule is O=C(OCc1ccccc1)c1ccc(O)cc1F. The molecule has 0 bridgehead atoms. The maximum Gasteiger partial charge on any atom is 0.341 e. The highest BCUT2D eigenvalue weighted by atomic mass is 19.1. The Morgan fingerprint density at radius 1 is 1.17 bits per heavy atom. The number of carbonyl (C=O) groups excluding carboxylic acids is 1. The first kappa shape index (κ1) is 12.1. The third kappa shape index (κ3) is 2.85. The van der Waals surface area contributed by atoms with Crippen LogP contribution in [-0.4, -0.2) is 11.1 Å². The number of ether oxygens (including phenoxy) is 1. The lowest BCUT2D eigenvalue weighted by Gasteiger charge is -2.05. The molecule has 0 aliphatic heterocycles. The van der Waals surface area contributed by atoms with Crippen molar-refractivity contribution in [3.05, 3.63) is 65.5 Å². The van der Waals surface area contributed by atoms with E-state index >= 15 is 0 Å². The van der Waals surface area contributed by atoms with Crippen molar-refractivity contribution in [3.8, 4) is 5.75 Å². The molecule has 4 heteroatoms. The minimum absolute atomic E-state index is 0.0833. The van der Waals surface area contributed by atoms with Gasteiger partial charge in [0.2, 0.25) is 0 Å². The fourth-order valence-corrected chi connectivity index (χ4v) is 1.47. The van der Waals surface area contributed by atoms with Crippen LogP contribution in [0.2, 0.25) is 0 Å². The van der Waals surface area contributed by atoms with Gasteiger partial charge in [0.1, 0.15) is 18.2 Å². The summed E-state index contributed by atoms with van der Waals surface area (Å²) in [5, 5.41) is 9.04. The van der Waals surface area contributed by atoms with Gasteiger partial charge in [-0.2, -0.15) is 0 Å². The number of hydrogen-bond acceptors (Lipinski definition) is 3. The molecule has 0 saturated heterocycles. The molecule has 0 amide bonds. The maximum absolute atomic E-state index is 13.4. The van der Waals surface area contributed by atoms with Crippen molar-refractivity contribution < 1.29 is 19.0 Å². The number of esters is 1. The van der Waals surface area contributed by atoms with Gasteiger partial charge in [-0.05, 0) is 17.7 Å². The molecule has 2 aromatic carbocycles. The second-order valence-corrected chi connectivity index (χ2v) is 3.73. The van der Waals surface area contributed by atoms with Crippen molar-refractivity contribution in [2.75, 3.05) is 0 Å². The Balaban J connectivity index is 2.04. The van der Waals surface area contributed by atoms with Gasteiger partial charge in [-0.25, -0.2) is 9.18 Å². The lowest BCUT2D eigenvalue weighted by molar-refractivity contribution is 0.0467. The summed E-state index contributed by atoms with van der Waals surface area (Å²) in [6.07, 6.45) is 0. The summed E-state index contributed by atoms with van der Waals surface area (Å²) < 4.78 is 18.3. The molecule has 2 aromatic rings. The molecule has 18 heavy (non-hydrogen) atoms. The molecule has 0 aliphatic rings. The van der Waals surface area contributed by atoms with Gasteiger partial charge in [0.25, 0.3) is 0 Å². The van der Waals surface area contributed by atoms with E-state index in [0.29, 0.717) is 0 Å². The van der Waals surface area contributed by atoms with Crippen molar-refractivity contribution in [1.82, 2.24) is 0 Å². The molecule has 0 unspecified atom stereocenters. The topological polar surface area (TPSA) is 46.5 Å². The largest absolute Gasteiger partial charge is 0.508 e. The van der Waals surface area contributed by atoms with Crippen molar-refractivity contribution in [2.45, 2.75) is 6.61 Å². The van der Waals surface area contributed by atoms with E-state index in [-0.39, 0.29) is 17.9 Å². The van der Waals surface area contributed by atoms with Crippen LogP contribution in [0.15, 0.2) is 48.5 Å². The second-order valence-electron chi connectivity index (χ2n) is 3.73. The molecule has 2 rings (SSSR count). The van der Waals surface area contributed by atoms with E-state index < -0.39 is 11.8 Å². The standard InChI is InChI=1S/C14H11FO3/c15-13-8-11(16)6-7-12(13)14(17)18-9-10-4-2-1-3-5-10/h1-8,16H,9H2. The number of benzene rings is 2. The van der Waals surface area contributed by atoms with Gasteiger partial charge >= 0.3 is 5.97 Å². The number of aromatic hydroxyl groups is 1. The molecule has 0 atom stereocenters. The average Bonchev–Trinajstić information content (AvgIpc) is 2.37. The fourth-order valence-electron chi connectivity index (χ4n) is 1.47. The molecule has 92 valence electrons. The van der Waals surface area contributed by atoms with Crippen LogP contribution in [0.25, 0.3) is 0 Å². The van der Waals surface area contributed by atoms with Crippen LogP contribution in [-0.2, 0) is 11.3 Å². The Morgan fingerprint density at radius 2 is 1.89 bits per heavy atom. The predicted octanol–water partition coefficient (Wildman–Crippen LogP) is 2.89. The number of phenols is 1. The van der Waals surface area contributed by atoms with Crippen LogP contribution < -0.4 is 0 Å². The zero-order valence-electron chi connectivity index (χ0n) is 9.47. The minimum atomic E-state index is -0.798. The van der Waals surface area contributed by atoms with E-state index in [9.17, 15) is 9.18 Å². The smallest absolute Gasteiger partial charge is 0.341 e. The average molecular weight is 246 g/mol. The summed E-state index contributed by atoms with van der Waals surface area (Å²) in [7, 11) is 0. The Bertz CT molecular complexity index is 552. The first-order valence-corrected chi connectivity index (χ1v) is 5.36. The van der Waals surface area contributed by atoms with Gasteiger partial charge in [0.05, 0.1) is 5.56 Å². The summed E-state index contributed by atoms with van der Waals surface area (Å²) in [5.41, 5.74) is 0.633. The number of hydrogen-bond donors (Lipinski definition) is 1. The first-order chi connectivity index (χ1) is 8.66. The van der Waals surface area contributed by atoms with Crippen LogP contribution in [0.4, 0.5) is 4.39 Å². The second kappa shape index (κ2) is 5.31. The molecule has 0 fully saturated rings.